The Balaban J connectivity index is 1.73. The molecule has 1 aliphatic rings. The molecule has 2 heterocycles. The summed E-state index contributed by atoms with van der Waals surface area (Å²) < 4.78 is 5.41. The van der Waals surface area contributed by atoms with Crippen molar-refractivity contribution in [3.05, 3.63) is 40.9 Å². The van der Waals surface area contributed by atoms with E-state index in [4.69, 9.17) is 9.84 Å². The molecule has 1 aromatic carbocycles. The van der Waals surface area contributed by atoms with E-state index < -0.39 is 0 Å². The van der Waals surface area contributed by atoms with E-state index in [1.165, 1.54) is 5.56 Å². The third-order valence-electron chi connectivity index (χ3n) is 3.95. The zero-order chi connectivity index (χ0) is 14.7. The second-order valence-electron chi connectivity index (χ2n) is 5.25. The molecule has 0 aliphatic carbocycles. The molecule has 1 saturated heterocycles. The predicted octanol–water partition coefficient (Wildman–Crippen LogP) is 2.70. The van der Waals surface area contributed by atoms with E-state index in [2.05, 4.69) is 41.1 Å². The molecule has 0 amide bonds. The van der Waals surface area contributed by atoms with E-state index in [9.17, 15) is 0 Å². The minimum Gasteiger partial charge on any atom is -0.390 e. The van der Waals surface area contributed by atoms with Gasteiger partial charge in [0.25, 0.3) is 0 Å². The standard InChI is InChI=1S/C16H20N2O2S/c1-12(18-6-8-20-9-7-18)13-2-4-14(5-3-13)16-17-15(10-19)11-21-16/h2-5,11-12,19H,6-10H2,1H3. The van der Waals surface area contributed by atoms with Gasteiger partial charge in [0, 0.05) is 30.1 Å². The van der Waals surface area contributed by atoms with Crippen LogP contribution < -0.4 is 0 Å². The SMILES string of the molecule is CC(c1ccc(-c2nc(CO)cs2)cc1)N1CCOCC1. The fourth-order valence-electron chi connectivity index (χ4n) is 2.59. The molecule has 5 heteroatoms. The van der Waals surface area contributed by atoms with E-state index in [0.717, 1.165) is 42.6 Å². The normalized spacial score (nSPS) is 17.8. The largest absolute Gasteiger partial charge is 0.390 e. The smallest absolute Gasteiger partial charge is 0.123 e. The van der Waals surface area contributed by atoms with Crippen molar-refractivity contribution >= 4 is 11.3 Å². The zero-order valence-corrected chi connectivity index (χ0v) is 13.0. The quantitative estimate of drug-likeness (QED) is 0.943. The van der Waals surface area contributed by atoms with Crippen molar-refractivity contribution in [2.45, 2.75) is 19.6 Å². The number of rotatable bonds is 4. The molecule has 1 N–H and O–H groups in total. The number of hydrogen-bond donors (Lipinski definition) is 1. The molecule has 0 spiro atoms. The summed E-state index contributed by atoms with van der Waals surface area (Å²) in [5, 5.41) is 12.0. The maximum atomic E-state index is 9.09. The highest BCUT2D eigenvalue weighted by atomic mass is 32.1. The number of aliphatic hydroxyl groups excluding tert-OH is 1. The van der Waals surface area contributed by atoms with Gasteiger partial charge in [0.2, 0.25) is 0 Å². The average Bonchev–Trinajstić information content (AvgIpc) is 3.04. The molecule has 1 fully saturated rings. The number of benzene rings is 1. The summed E-state index contributed by atoms with van der Waals surface area (Å²) >= 11 is 1.57. The van der Waals surface area contributed by atoms with Gasteiger partial charge in [-0.3, -0.25) is 4.90 Å². The van der Waals surface area contributed by atoms with Crippen molar-refractivity contribution in [1.82, 2.24) is 9.88 Å². The molecular weight excluding hydrogens is 284 g/mol. The van der Waals surface area contributed by atoms with Gasteiger partial charge in [0.1, 0.15) is 5.01 Å². The molecule has 1 atom stereocenters. The Morgan fingerprint density at radius 1 is 1.29 bits per heavy atom. The first-order chi connectivity index (χ1) is 10.3. The van der Waals surface area contributed by atoms with Gasteiger partial charge in [-0.05, 0) is 12.5 Å². The number of morpholine rings is 1. The van der Waals surface area contributed by atoms with E-state index in [-0.39, 0.29) is 6.61 Å². The van der Waals surface area contributed by atoms with Crippen LogP contribution in [0.5, 0.6) is 0 Å². The number of nitrogens with zero attached hydrogens (tertiary/aromatic N) is 2. The van der Waals surface area contributed by atoms with Crippen LogP contribution in [0.1, 0.15) is 24.2 Å². The predicted molar refractivity (Wildman–Crippen MR) is 84.3 cm³/mol. The Hall–Kier alpha value is -1.27. The van der Waals surface area contributed by atoms with Gasteiger partial charge in [-0.15, -0.1) is 11.3 Å². The van der Waals surface area contributed by atoms with Gasteiger partial charge in [-0.1, -0.05) is 24.3 Å². The lowest BCUT2D eigenvalue weighted by Gasteiger charge is -2.32. The summed E-state index contributed by atoms with van der Waals surface area (Å²) in [5.74, 6) is 0. The summed E-state index contributed by atoms with van der Waals surface area (Å²) in [7, 11) is 0. The van der Waals surface area contributed by atoms with Crippen LogP contribution >= 0.6 is 11.3 Å². The third-order valence-corrected chi connectivity index (χ3v) is 4.89. The number of aliphatic hydroxyl groups is 1. The lowest BCUT2D eigenvalue weighted by Crippen LogP contribution is -2.37. The number of aromatic nitrogens is 1. The van der Waals surface area contributed by atoms with E-state index in [1.807, 2.05) is 5.38 Å². The van der Waals surface area contributed by atoms with Crippen LogP contribution in [0.4, 0.5) is 0 Å². The van der Waals surface area contributed by atoms with Crippen molar-refractivity contribution in [3.63, 3.8) is 0 Å². The number of thiazole rings is 1. The van der Waals surface area contributed by atoms with Gasteiger partial charge in [-0.2, -0.15) is 0 Å². The Bertz CT molecular complexity index is 576. The summed E-state index contributed by atoms with van der Waals surface area (Å²) in [6.45, 7) is 5.89. The summed E-state index contributed by atoms with van der Waals surface area (Å²) in [5.41, 5.74) is 3.16. The third kappa shape index (κ3) is 3.32. The van der Waals surface area contributed by atoms with Crippen LogP contribution in [0.15, 0.2) is 29.6 Å². The molecule has 1 aromatic heterocycles. The van der Waals surface area contributed by atoms with Crippen molar-refractivity contribution in [2.24, 2.45) is 0 Å². The van der Waals surface area contributed by atoms with Crippen molar-refractivity contribution in [2.75, 3.05) is 26.3 Å². The Morgan fingerprint density at radius 3 is 2.62 bits per heavy atom. The van der Waals surface area contributed by atoms with Gasteiger partial charge < -0.3 is 9.84 Å². The second kappa shape index (κ2) is 6.66. The van der Waals surface area contributed by atoms with Crippen molar-refractivity contribution in [3.8, 4) is 10.6 Å². The Morgan fingerprint density at radius 2 is 2.00 bits per heavy atom. The van der Waals surface area contributed by atoms with Crippen LogP contribution in [-0.2, 0) is 11.3 Å². The van der Waals surface area contributed by atoms with Gasteiger partial charge in [0.15, 0.2) is 0 Å². The lowest BCUT2D eigenvalue weighted by atomic mass is 10.0. The van der Waals surface area contributed by atoms with Crippen molar-refractivity contribution in [1.29, 1.82) is 0 Å². The van der Waals surface area contributed by atoms with Crippen LogP contribution in [0, 0.1) is 0 Å². The molecule has 4 nitrogen and oxygen atoms in total. The zero-order valence-electron chi connectivity index (χ0n) is 12.2. The van der Waals surface area contributed by atoms with Gasteiger partial charge in [0.05, 0.1) is 25.5 Å². The average molecular weight is 304 g/mol. The molecule has 0 bridgehead atoms. The van der Waals surface area contributed by atoms with Crippen LogP contribution in [0.25, 0.3) is 10.6 Å². The maximum Gasteiger partial charge on any atom is 0.123 e. The Labute approximate surface area is 129 Å². The van der Waals surface area contributed by atoms with Gasteiger partial charge in [-0.25, -0.2) is 4.98 Å². The highest BCUT2D eigenvalue weighted by Gasteiger charge is 2.18. The summed E-state index contributed by atoms with van der Waals surface area (Å²) in [4.78, 5) is 6.86. The van der Waals surface area contributed by atoms with Crippen LogP contribution in [0.2, 0.25) is 0 Å². The minimum absolute atomic E-state index is 0.00263. The highest BCUT2D eigenvalue weighted by Crippen LogP contribution is 2.27. The first kappa shape index (κ1) is 14.7. The molecule has 21 heavy (non-hydrogen) atoms. The molecule has 1 aliphatic heterocycles. The minimum atomic E-state index is 0.00263. The van der Waals surface area contributed by atoms with Crippen LogP contribution in [0.3, 0.4) is 0 Å². The van der Waals surface area contributed by atoms with Crippen molar-refractivity contribution < 1.29 is 9.84 Å². The molecule has 1 unspecified atom stereocenters. The second-order valence-corrected chi connectivity index (χ2v) is 6.11. The first-order valence-corrected chi connectivity index (χ1v) is 8.13. The summed E-state index contributed by atoms with van der Waals surface area (Å²) in [6.07, 6.45) is 0. The topological polar surface area (TPSA) is 45.6 Å². The highest BCUT2D eigenvalue weighted by molar-refractivity contribution is 7.13. The van der Waals surface area contributed by atoms with E-state index in [1.54, 1.807) is 11.3 Å². The number of hydrogen-bond acceptors (Lipinski definition) is 5. The molecule has 0 radical (unpaired) electrons. The first-order valence-electron chi connectivity index (χ1n) is 7.25. The van der Waals surface area contributed by atoms with Crippen LogP contribution in [-0.4, -0.2) is 41.3 Å². The monoisotopic (exact) mass is 304 g/mol. The Kier molecular flexibility index (Phi) is 4.65. The molecule has 0 saturated carbocycles. The fraction of sp³-hybridized carbons (Fsp3) is 0.438. The molecule has 112 valence electrons. The summed E-state index contributed by atoms with van der Waals surface area (Å²) in [6, 6.07) is 9.00. The lowest BCUT2D eigenvalue weighted by molar-refractivity contribution is 0.0198. The molecule has 3 rings (SSSR count). The number of ether oxygens (including phenoxy) is 1. The van der Waals surface area contributed by atoms with E-state index >= 15 is 0 Å². The molecular formula is C16H20N2O2S. The molecule has 2 aromatic rings. The fourth-order valence-corrected chi connectivity index (χ4v) is 3.41. The van der Waals surface area contributed by atoms with Gasteiger partial charge >= 0.3 is 0 Å². The van der Waals surface area contributed by atoms with E-state index in [0.29, 0.717) is 6.04 Å². The maximum absolute atomic E-state index is 9.09.